The number of hydrazine groups is 1. The van der Waals surface area contributed by atoms with Gasteiger partial charge in [-0.3, -0.25) is 25.2 Å². The largest absolute Gasteiger partial charge is 0.320 e. The van der Waals surface area contributed by atoms with E-state index in [1.165, 1.54) is 29.9 Å². The fraction of sp³-hybridized carbons (Fsp3) is 0.105. The van der Waals surface area contributed by atoms with Crippen LogP contribution in [0.2, 0.25) is 15.1 Å². The molecule has 166 valence electrons. The number of nitrogens with one attached hydrogen (secondary N) is 3. The fourth-order valence-corrected chi connectivity index (χ4v) is 3.67. The van der Waals surface area contributed by atoms with Crippen LogP contribution in [0.4, 0.5) is 5.69 Å². The topological polar surface area (TPSA) is 118 Å². The Morgan fingerprint density at radius 1 is 1.06 bits per heavy atom. The second kappa shape index (κ2) is 9.86. The molecule has 1 aromatic carbocycles. The zero-order valence-corrected chi connectivity index (χ0v) is 20.3. The summed E-state index contributed by atoms with van der Waals surface area (Å²) in [6.07, 6.45) is 1.51. The number of carbonyl (C=O) groups is 3. The van der Waals surface area contributed by atoms with E-state index in [2.05, 4.69) is 42.2 Å². The monoisotopic (exact) mass is 558 g/mol. The third kappa shape index (κ3) is 5.04. The zero-order valence-electron chi connectivity index (χ0n) is 16.5. The molecule has 2 aromatic heterocycles. The molecule has 0 saturated heterocycles. The molecule has 0 aliphatic heterocycles. The number of amides is 3. The average Bonchev–Trinajstić information content (AvgIpc) is 3.14. The van der Waals surface area contributed by atoms with Gasteiger partial charge >= 0.3 is 0 Å². The number of hydrogen-bond acceptors (Lipinski definition) is 5. The van der Waals surface area contributed by atoms with Crippen LogP contribution in [0.3, 0.4) is 0 Å². The normalized spacial score (nSPS) is 10.6. The minimum absolute atomic E-state index is 0.0139. The maximum absolute atomic E-state index is 13.2. The Morgan fingerprint density at radius 2 is 1.78 bits per heavy atom. The van der Waals surface area contributed by atoms with Crippen molar-refractivity contribution in [3.05, 3.63) is 67.0 Å². The van der Waals surface area contributed by atoms with Crippen LogP contribution >= 0.6 is 50.7 Å². The molecular formula is C19H14BrCl3N6O3. The standard InChI is InChI=1S/C19H14BrCl3N6O3/c1-8-15(23)12(22)6-10(18(31)27-26-9(2)30)16(8)25-19(32)13-7-14(20)28-29(13)17-11(21)4-3-5-24-17/h3-7H,1-2H3,(H,25,32)(H,26,30)(H,27,31). The molecule has 32 heavy (non-hydrogen) atoms. The number of aromatic nitrogens is 3. The molecule has 0 saturated carbocycles. The van der Waals surface area contributed by atoms with E-state index in [1.54, 1.807) is 19.1 Å². The molecule has 9 nitrogen and oxygen atoms in total. The van der Waals surface area contributed by atoms with Crippen LogP contribution in [0.25, 0.3) is 5.82 Å². The lowest BCUT2D eigenvalue weighted by atomic mass is 10.1. The Kier molecular flexibility index (Phi) is 7.40. The van der Waals surface area contributed by atoms with E-state index in [9.17, 15) is 14.4 Å². The van der Waals surface area contributed by atoms with Crippen LogP contribution in [0.15, 0.2) is 35.1 Å². The highest BCUT2D eigenvalue weighted by Crippen LogP contribution is 2.35. The maximum atomic E-state index is 13.2. The first-order valence-corrected chi connectivity index (χ1v) is 10.8. The van der Waals surface area contributed by atoms with E-state index in [-0.39, 0.29) is 37.8 Å². The third-order valence-electron chi connectivity index (χ3n) is 4.14. The summed E-state index contributed by atoms with van der Waals surface area (Å²) < 4.78 is 1.62. The number of benzene rings is 1. The van der Waals surface area contributed by atoms with Crippen molar-refractivity contribution in [1.29, 1.82) is 0 Å². The number of nitrogens with zero attached hydrogens (tertiary/aromatic N) is 3. The third-order valence-corrected chi connectivity index (χ3v) is 5.71. The molecule has 0 atom stereocenters. The summed E-state index contributed by atoms with van der Waals surface area (Å²) in [4.78, 5) is 41.1. The summed E-state index contributed by atoms with van der Waals surface area (Å²) >= 11 is 21.8. The number of pyridine rings is 1. The molecule has 0 unspecified atom stereocenters. The van der Waals surface area contributed by atoms with E-state index in [4.69, 9.17) is 34.8 Å². The van der Waals surface area contributed by atoms with Gasteiger partial charge in [0.1, 0.15) is 10.3 Å². The lowest BCUT2D eigenvalue weighted by Gasteiger charge is -2.16. The SMILES string of the molecule is CC(=O)NNC(=O)c1cc(Cl)c(Cl)c(C)c1NC(=O)c1cc(Br)nn1-c1ncccc1Cl. The molecular weight excluding hydrogens is 547 g/mol. The van der Waals surface area contributed by atoms with Crippen LogP contribution in [-0.2, 0) is 4.79 Å². The summed E-state index contributed by atoms with van der Waals surface area (Å²) in [5.74, 6) is -1.58. The Hall–Kier alpha value is -2.66. The van der Waals surface area contributed by atoms with Gasteiger partial charge in [-0.2, -0.15) is 5.10 Å². The number of halogens is 4. The van der Waals surface area contributed by atoms with Gasteiger partial charge in [0.2, 0.25) is 5.91 Å². The molecule has 0 radical (unpaired) electrons. The summed E-state index contributed by atoms with van der Waals surface area (Å²) in [5, 5.41) is 7.41. The van der Waals surface area contributed by atoms with Gasteiger partial charge < -0.3 is 5.32 Å². The quantitative estimate of drug-likeness (QED) is 0.411. The highest BCUT2D eigenvalue weighted by Gasteiger charge is 2.24. The smallest absolute Gasteiger partial charge is 0.274 e. The molecule has 0 aliphatic carbocycles. The minimum atomic E-state index is -0.709. The van der Waals surface area contributed by atoms with E-state index >= 15 is 0 Å². The second-order valence-electron chi connectivity index (χ2n) is 6.38. The van der Waals surface area contributed by atoms with E-state index in [1.807, 2.05) is 0 Å². The van der Waals surface area contributed by atoms with Crippen molar-refractivity contribution in [1.82, 2.24) is 25.6 Å². The van der Waals surface area contributed by atoms with Crippen molar-refractivity contribution >= 4 is 74.1 Å². The first-order valence-electron chi connectivity index (χ1n) is 8.83. The maximum Gasteiger partial charge on any atom is 0.274 e. The van der Waals surface area contributed by atoms with Gasteiger partial charge in [-0.1, -0.05) is 34.8 Å². The molecule has 0 bridgehead atoms. The minimum Gasteiger partial charge on any atom is -0.320 e. The van der Waals surface area contributed by atoms with Gasteiger partial charge in [-0.15, -0.1) is 0 Å². The number of carbonyl (C=O) groups excluding carboxylic acids is 3. The van der Waals surface area contributed by atoms with E-state index < -0.39 is 17.7 Å². The lowest BCUT2D eigenvalue weighted by molar-refractivity contribution is -0.119. The Morgan fingerprint density at radius 3 is 2.44 bits per heavy atom. The predicted octanol–water partition coefficient (Wildman–Crippen LogP) is 4.33. The van der Waals surface area contributed by atoms with Crippen molar-refractivity contribution < 1.29 is 14.4 Å². The molecule has 2 heterocycles. The van der Waals surface area contributed by atoms with Crippen molar-refractivity contribution in [2.45, 2.75) is 13.8 Å². The molecule has 13 heteroatoms. The molecule has 3 N–H and O–H groups in total. The van der Waals surface area contributed by atoms with Gasteiger partial charge in [-0.25, -0.2) is 9.67 Å². The average molecular weight is 561 g/mol. The van der Waals surface area contributed by atoms with Gasteiger partial charge in [0.25, 0.3) is 11.8 Å². The van der Waals surface area contributed by atoms with Gasteiger partial charge in [0.05, 0.1) is 26.3 Å². The summed E-state index contributed by atoms with van der Waals surface area (Å²) in [6, 6.07) is 5.99. The van der Waals surface area contributed by atoms with Crippen molar-refractivity contribution in [3.63, 3.8) is 0 Å². The predicted molar refractivity (Wildman–Crippen MR) is 125 cm³/mol. The fourth-order valence-electron chi connectivity index (χ4n) is 2.69. The van der Waals surface area contributed by atoms with Crippen LogP contribution in [0.1, 0.15) is 33.3 Å². The van der Waals surface area contributed by atoms with Crippen LogP contribution < -0.4 is 16.2 Å². The highest BCUT2D eigenvalue weighted by atomic mass is 79.9. The summed E-state index contributed by atoms with van der Waals surface area (Å²) in [6.45, 7) is 2.81. The van der Waals surface area contributed by atoms with Gasteiger partial charge in [0, 0.05) is 19.2 Å². The first kappa shape index (κ1) is 24.0. The van der Waals surface area contributed by atoms with E-state index in [0.29, 0.717) is 10.2 Å². The molecule has 0 spiro atoms. The number of rotatable bonds is 4. The second-order valence-corrected chi connectivity index (χ2v) is 8.39. The number of anilines is 1. The van der Waals surface area contributed by atoms with Crippen molar-refractivity contribution in [2.24, 2.45) is 0 Å². The summed E-state index contributed by atoms with van der Waals surface area (Å²) in [5.41, 5.74) is 4.92. The molecule has 3 aromatic rings. The van der Waals surface area contributed by atoms with Crippen molar-refractivity contribution in [3.8, 4) is 5.82 Å². The summed E-state index contributed by atoms with van der Waals surface area (Å²) in [7, 11) is 0. The Balaban J connectivity index is 2.04. The lowest BCUT2D eigenvalue weighted by Crippen LogP contribution is -2.40. The molecule has 3 rings (SSSR count). The Bertz CT molecular complexity index is 1250. The zero-order chi connectivity index (χ0) is 23.6. The molecule has 3 amide bonds. The van der Waals surface area contributed by atoms with E-state index in [0.717, 1.165) is 0 Å². The number of hydrogen-bond donors (Lipinski definition) is 3. The molecule has 0 fully saturated rings. The Labute approximate surface area is 205 Å². The molecule has 0 aliphatic rings. The van der Waals surface area contributed by atoms with Crippen LogP contribution in [-0.4, -0.2) is 32.5 Å². The van der Waals surface area contributed by atoms with Crippen LogP contribution in [0, 0.1) is 6.92 Å². The van der Waals surface area contributed by atoms with Gasteiger partial charge in [0.15, 0.2) is 5.82 Å². The van der Waals surface area contributed by atoms with Crippen molar-refractivity contribution in [2.75, 3.05) is 5.32 Å². The van der Waals surface area contributed by atoms with Crippen LogP contribution in [0.5, 0.6) is 0 Å². The first-order chi connectivity index (χ1) is 15.1. The highest BCUT2D eigenvalue weighted by molar-refractivity contribution is 9.10. The van der Waals surface area contributed by atoms with Gasteiger partial charge in [-0.05, 0) is 46.6 Å².